The van der Waals surface area contributed by atoms with E-state index in [2.05, 4.69) is 9.97 Å². The predicted molar refractivity (Wildman–Crippen MR) is 57.2 cm³/mol. The number of alkyl halides is 3. The van der Waals surface area contributed by atoms with Crippen molar-refractivity contribution in [1.82, 2.24) is 9.97 Å². The Balaban J connectivity index is 2.41. The molecule has 0 aliphatic heterocycles. The summed E-state index contributed by atoms with van der Waals surface area (Å²) < 4.78 is 50.4. The minimum atomic E-state index is -4.59. The standard InChI is InChI=1S/C12H8F4N2/c1-7-2-3-9(10(13)4-7)8-5-17-11(18-6-8)12(14,15)16/h2-6H,1H3. The lowest BCUT2D eigenvalue weighted by Crippen LogP contribution is -2.10. The number of halogens is 4. The maximum atomic E-state index is 13.6. The third kappa shape index (κ3) is 2.47. The fourth-order valence-corrected chi connectivity index (χ4v) is 1.47. The Kier molecular flexibility index (Phi) is 3.02. The first kappa shape index (κ1) is 12.5. The molecule has 0 saturated heterocycles. The molecule has 0 N–H and O–H groups in total. The van der Waals surface area contributed by atoms with E-state index in [9.17, 15) is 17.6 Å². The SMILES string of the molecule is Cc1ccc(-c2cnc(C(F)(F)F)nc2)c(F)c1. The number of nitrogens with zero attached hydrogens (tertiary/aromatic N) is 2. The summed E-state index contributed by atoms with van der Waals surface area (Å²) in [5.74, 6) is -1.75. The van der Waals surface area contributed by atoms with Crippen LogP contribution in [-0.4, -0.2) is 9.97 Å². The van der Waals surface area contributed by atoms with Crippen LogP contribution in [0.2, 0.25) is 0 Å². The van der Waals surface area contributed by atoms with Crippen molar-refractivity contribution in [2.45, 2.75) is 13.1 Å². The molecule has 0 atom stereocenters. The van der Waals surface area contributed by atoms with E-state index in [1.807, 2.05) is 0 Å². The molecule has 1 aromatic heterocycles. The maximum absolute atomic E-state index is 13.6. The molecule has 0 fully saturated rings. The minimum Gasteiger partial charge on any atom is -0.232 e. The fraction of sp³-hybridized carbons (Fsp3) is 0.167. The first-order valence-electron chi connectivity index (χ1n) is 5.03. The summed E-state index contributed by atoms with van der Waals surface area (Å²) in [7, 11) is 0. The topological polar surface area (TPSA) is 25.8 Å². The molecule has 0 aliphatic rings. The summed E-state index contributed by atoms with van der Waals surface area (Å²) in [5, 5.41) is 0. The monoisotopic (exact) mass is 256 g/mol. The van der Waals surface area contributed by atoms with Gasteiger partial charge in [0.1, 0.15) is 5.82 Å². The fourth-order valence-electron chi connectivity index (χ4n) is 1.47. The van der Waals surface area contributed by atoms with Crippen LogP contribution in [0.25, 0.3) is 11.1 Å². The molecule has 2 nitrogen and oxygen atoms in total. The van der Waals surface area contributed by atoms with Gasteiger partial charge in [0.05, 0.1) is 0 Å². The highest BCUT2D eigenvalue weighted by molar-refractivity contribution is 5.62. The Bertz CT molecular complexity index is 561. The van der Waals surface area contributed by atoms with Gasteiger partial charge in [0.15, 0.2) is 0 Å². The van der Waals surface area contributed by atoms with Crippen LogP contribution in [0.1, 0.15) is 11.4 Å². The van der Waals surface area contributed by atoms with Crippen molar-refractivity contribution in [2.24, 2.45) is 0 Å². The average Bonchev–Trinajstić information content (AvgIpc) is 2.28. The molecule has 1 aromatic carbocycles. The van der Waals surface area contributed by atoms with Crippen LogP contribution < -0.4 is 0 Å². The second-order valence-electron chi connectivity index (χ2n) is 3.78. The zero-order valence-corrected chi connectivity index (χ0v) is 9.29. The molecule has 0 bridgehead atoms. The Morgan fingerprint density at radius 1 is 1.06 bits per heavy atom. The Morgan fingerprint density at radius 2 is 1.67 bits per heavy atom. The molecule has 0 unspecified atom stereocenters. The summed E-state index contributed by atoms with van der Waals surface area (Å²) in [4.78, 5) is 6.37. The highest BCUT2D eigenvalue weighted by Gasteiger charge is 2.34. The molecule has 1 heterocycles. The molecule has 18 heavy (non-hydrogen) atoms. The van der Waals surface area contributed by atoms with Gasteiger partial charge in [0, 0.05) is 23.5 Å². The van der Waals surface area contributed by atoms with E-state index < -0.39 is 17.8 Å². The molecule has 6 heteroatoms. The van der Waals surface area contributed by atoms with Gasteiger partial charge >= 0.3 is 6.18 Å². The molecule has 0 spiro atoms. The van der Waals surface area contributed by atoms with Crippen molar-refractivity contribution in [3.8, 4) is 11.1 Å². The number of aromatic nitrogens is 2. The Labute approximate surface area is 100 Å². The van der Waals surface area contributed by atoms with E-state index in [-0.39, 0.29) is 11.1 Å². The van der Waals surface area contributed by atoms with E-state index in [4.69, 9.17) is 0 Å². The summed E-state index contributed by atoms with van der Waals surface area (Å²) in [5.41, 5.74) is 1.11. The smallest absolute Gasteiger partial charge is 0.232 e. The van der Waals surface area contributed by atoms with Crippen molar-refractivity contribution in [3.63, 3.8) is 0 Å². The average molecular weight is 256 g/mol. The summed E-state index contributed by atoms with van der Waals surface area (Å²) in [6, 6.07) is 4.44. The molecule has 0 aliphatic carbocycles. The predicted octanol–water partition coefficient (Wildman–Crippen LogP) is 3.61. The van der Waals surface area contributed by atoms with Crippen molar-refractivity contribution < 1.29 is 17.6 Å². The highest BCUT2D eigenvalue weighted by atomic mass is 19.4. The zero-order chi connectivity index (χ0) is 13.3. The van der Waals surface area contributed by atoms with Crippen LogP contribution in [0.4, 0.5) is 17.6 Å². The normalized spacial score (nSPS) is 11.6. The number of hydrogen-bond donors (Lipinski definition) is 0. The number of rotatable bonds is 1. The van der Waals surface area contributed by atoms with Crippen molar-refractivity contribution in [1.29, 1.82) is 0 Å². The van der Waals surface area contributed by atoms with E-state index >= 15 is 0 Å². The second kappa shape index (κ2) is 4.36. The van der Waals surface area contributed by atoms with Crippen LogP contribution in [0.5, 0.6) is 0 Å². The first-order chi connectivity index (χ1) is 8.38. The van der Waals surface area contributed by atoms with E-state index in [1.165, 1.54) is 12.1 Å². The summed E-state index contributed by atoms with van der Waals surface area (Å²) in [6.07, 6.45) is -2.67. The summed E-state index contributed by atoms with van der Waals surface area (Å²) in [6.45, 7) is 1.72. The van der Waals surface area contributed by atoms with Crippen LogP contribution >= 0.6 is 0 Å². The van der Waals surface area contributed by atoms with E-state index in [0.717, 1.165) is 18.0 Å². The molecule has 0 radical (unpaired) electrons. The molecule has 94 valence electrons. The van der Waals surface area contributed by atoms with Gasteiger partial charge in [-0.25, -0.2) is 14.4 Å². The van der Waals surface area contributed by atoms with Gasteiger partial charge in [0.2, 0.25) is 5.82 Å². The molecule has 2 rings (SSSR count). The van der Waals surface area contributed by atoms with E-state index in [1.54, 1.807) is 13.0 Å². The van der Waals surface area contributed by atoms with Gasteiger partial charge in [-0.3, -0.25) is 0 Å². The third-order valence-corrected chi connectivity index (χ3v) is 2.34. The van der Waals surface area contributed by atoms with Crippen molar-refractivity contribution in [2.75, 3.05) is 0 Å². The van der Waals surface area contributed by atoms with Gasteiger partial charge in [0.25, 0.3) is 0 Å². The Hall–Kier alpha value is -1.98. The van der Waals surface area contributed by atoms with Crippen molar-refractivity contribution >= 4 is 0 Å². The number of benzene rings is 1. The van der Waals surface area contributed by atoms with Gasteiger partial charge in [-0.05, 0) is 18.6 Å². The minimum absolute atomic E-state index is 0.175. The van der Waals surface area contributed by atoms with Crippen LogP contribution in [0, 0.1) is 12.7 Å². The van der Waals surface area contributed by atoms with Crippen LogP contribution in [0.3, 0.4) is 0 Å². The highest BCUT2D eigenvalue weighted by Crippen LogP contribution is 2.27. The van der Waals surface area contributed by atoms with Crippen LogP contribution in [0.15, 0.2) is 30.6 Å². The largest absolute Gasteiger partial charge is 0.451 e. The quantitative estimate of drug-likeness (QED) is 0.728. The number of aryl methyl sites for hydroxylation is 1. The third-order valence-electron chi connectivity index (χ3n) is 2.34. The molecule has 0 saturated carbocycles. The summed E-state index contributed by atoms with van der Waals surface area (Å²) >= 11 is 0. The van der Waals surface area contributed by atoms with Crippen molar-refractivity contribution in [3.05, 3.63) is 47.8 Å². The maximum Gasteiger partial charge on any atom is 0.451 e. The molecular weight excluding hydrogens is 248 g/mol. The van der Waals surface area contributed by atoms with E-state index in [0.29, 0.717) is 0 Å². The van der Waals surface area contributed by atoms with Gasteiger partial charge in [-0.15, -0.1) is 0 Å². The van der Waals surface area contributed by atoms with Crippen LogP contribution in [-0.2, 0) is 6.18 Å². The zero-order valence-electron chi connectivity index (χ0n) is 9.29. The lowest BCUT2D eigenvalue weighted by Gasteiger charge is -2.06. The molecular formula is C12H8F4N2. The van der Waals surface area contributed by atoms with Gasteiger partial charge < -0.3 is 0 Å². The molecule has 0 amide bonds. The lowest BCUT2D eigenvalue weighted by atomic mass is 10.1. The number of hydrogen-bond acceptors (Lipinski definition) is 2. The molecule has 2 aromatic rings. The second-order valence-corrected chi connectivity index (χ2v) is 3.78. The first-order valence-corrected chi connectivity index (χ1v) is 5.03. The van der Waals surface area contributed by atoms with Gasteiger partial charge in [-0.1, -0.05) is 12.1 Å². The Morgan fingerprint density at radius 3 is 2.17 bits per heavy atom. The lowest BCUT2D eigenvalue weighted by molar-refractivity contribution is -0.144. The van der Waals surface area contributed by atoms with Gasteiger partial charge in [-0.2, -0.15) is 13.2 Å².